The lowest BCUT2D eigenvalue weighted by atomic mass is 9.92. The van der Waals surface area contributed by atoms with Crippen LogP contribution in [-0.2, 0) is 12.5 Å². The lowest BCUT2D eigenvalue weighted by Crippen LogP contribution is -2.22. The van der Waals surface area contributed by atoms with Gasteiger partial charge in [0.2, 0.25) is 5.95 Å². The average Bonchev–Trinajstić information content (AvgIpc) is 3.40. The van der Waals surface area contributed by atoms with Crippen molar-refractivity contribution in [2.45, 2.75) is 26.2 Å². The first-order valence-corrected chi connectivity index (χ1v) is 13.0. The first-order chi connectivity index (χ1) is 20.0. The van der Waals surface area contributed by atoms with Gasteiger partial charge in [-0.3, -0.25) is 14.7 Å². The number of pyridine rings is 1. The molecule has 5 rings (SSSR count). The van der Waals surface area contributed by atoms with Crippen molar-refractivity contribution < 1.29 is 9.18 Å². The molecule has 0 aliphatic carbocycles. The number of halogens is 1. The number of benzene rings is 2. The van der Waals surface area contributed by atoms with Gasteiger partial charge in [0.15, 0.2) is 0 Å². The quantitative estimate of drug-likeness (QED) is 0.267. The van der Waals surface area contributed by atoms with Gasteiger partial charge in [-0.05, 0) is 42.0 Å². The van der Waals surface area contributed by atoms with Gasteiger partial charge in [-0.25, -0.2) is 18.9 Å². The summed E-state index contributed by atoms with van der Waals surface area (Å²) in [5.74, 6) is 0.0193. The van der Waals surface area contributed by atoms with Crippen LogP contribution in [0.15, 0.2) is 65.6 Å². The van der Waals surface area contributed by atoms with Crippen LogP contribution in [0.1, 0.15) is 32.0 Å². The SMILES string of the molecule is CNc1ncc2cc(-c3ccc(F)c(NC(=O)Nc4cc(C(C)(C)C)nn4-c4cccc(C#N)c4)c3)c(=O)n(C)c2n1. The lowest BCUT2D eigenvalue weighted by molar-refractivity contribution is 0.262. The Hall–Kier alpha value is -5.57. The standard InChI is InChI=1S/C30H28FN9O2/c1-30(2,3)24-14-25(40(38-24)20-8-6-7-17(11-20)15-32)36-29(42)35-23-13-18(9-10-22(23)31)21-12-19-16-34-28(33-4)37-26(19)39(5)27(21)41/h6-14,16H,1-5H3,(H,33,34,37)(H2,35,36,42). The van der Waals surface area contributed by atoms with Crippen molar-refractivity contribution in [1.29, 1.82) is 5.26 Å². The number of fused-ring (bicyclic) bond motifs is 1. The van der Waals surface area contributed by atoms with Gasteiger partial charge in [0.25, 0.3) is 5.56 Å². The zero-order chi connectivity index (χ0) is 30.2. The number of urea groups is 1. The molecule has 3 aromatic heterocycles. The summed E-state index contributed by atoms with van der Waals surface area (Å²) in [6, 6.07) is 15.6. The molecule has 0 unspecified atom stereocenters. The van der Waals surface area contributed by atoms with Crippen LogP contribution < -0.4 is 21.5 Å². The second-order valence-electron chi connectivity index (χ2n) is 10.7. The van der Waals surface area contributed by atoms with Crippen LogP contribution in [0, 0.1) is 17.1 Å². The van der Waals surface area contributed by atoms with Gasteiger partial charge in [-0.15, -0.1) is 0 Å². The second kappa shape index (κ2) is 10.8. The molecule has 0 spiro atoms. The number of nitriles is 1. The molecule has 0 fully saturated rings. The van der Waals surface area contributed by atoms with Gasteiger partial charge in [-0.2, -0.15) is 15.3 Å². The van der Waals surface area contributed by atoms with Crippen molar-refractivity contribution in [1.82, 2.24) is 24.3 Å². The highest BCUT2D eigenvalue weighted by Gasteiger charge is 2.22. The minimum absolute atomic E-state index is 0.123. The summed E-state index contributed by atoms with van der Waals surface area (Å²) in [6.07, 6.45) is 1.59. The first kappa shape index (κ1) is 28.0. The van der Waals surface area contributed by atoms with E-state index in [0.717, 1.165) is 0 Å². The Morgan fingerprint density at radius 1 is 1.07 bits per heavy atom. The Balaban J connectivity index is 1.47. The minimum Gasteiger partial charge on any atom is -0.357 e. The molecule has 0 saturated carbocycles. The molecule has 0 radical (unpaired) electrons. The Morgan fingerprint density at radius 3 is 2.57 bits per heavy atom. The fourth-order valence-electron chi connectivity index (χ4n) is 4.37. The van der Waals surface area contributed by atoms with E-state index in [1.54, 1.807) is 56.7 Å². The third-order valence-corrected chi connectivity index (χ3v) is 6.64. The number of carbonyl (C=O) groups excluding carboxylic acids is 1. The lowest BCUT2D eigenvalue weighted by Gasteiger charge is -2.14. The molecule has 3 N–H and O–H groups in total. The maximum Gasteiger partial charge on any atom is 0.324 e. The molecule has 0 bridgehead atoms. The maximum absolute atomic E-state index is 14.9. The summed E-state index contributed by atoms with van der Waals surface area (Å²) in [6.45, 7) is 5.96. The second-order valence-corrected chi connectivity index (χ2v) is 10.7. The predicted octanol–water partition coefficient (Wildman–Crippen LogP) is 5.18. The molecule has 212 valence electrons. The summed E-state index contributed by atoms with van der Waals surface area (Å²) < 4.78 is 17.8. The molecule has 0 aliphatic heterocycles. The predicted molar refractivity (Wildman–Crippen MR) is 159 cm³/mol. The van der Waals surface area contributed by atoms with Crippen LogP contribution >= 0.6 is 0 Å². The Labute approximate surface area is 240 Å². The number of nitrogens with zero attached hydrogens (tertiary/aromatic N) is 6. The van der Waals surface area contributed by atoms with Crippen LogP contribution in [0.3, 0.4) is 0 Å². The molecule has 2 amide bonds. The molecule has 5 aromatic rings. The van der Waals surface area contributed by atoms with Gasteiger partial charge in [0.1, 0.15) is 17.3 Å². The number of aryl methyl sites for hydroxylation is 1. The summed E-state index contributed by atoms with van der Waals surface area (Å²) in [5.41, 5.74) is 2.04. The number of hydrogen-bond acceptors (Lipinski definition) is 7. The number of hydrogen-bond donors (Lipinski definition) is 3. The van der Waals surface area contributed by atoms with Crippen molar-refractivity contribution >= 4 is 34.5 Å². The monoisotopic (exact) mass is 565 g/mol. The van der Waals surface area contributed by atoms with E-state index in [1.165, 1.54) is 27.4 Å². The highest BCUT2D eigenvalue weighted by molar-refractivity contribution is 6.00. The third-order valence-electron chi connectivity index (χ3n) is 6.64. The van der Waals surface area contributed by atoms with Crippen molar-refractivity contribution in [2.24, 2.45) is 7.05 Å². The Morgan fingerprint density at radius 2 is 1.86 bits per heavy atom. The molecular formula is C30H28FN9O2. The van der Waals surface area contributed by atoms with Gasteiger partial charge < -0.3 is 10.6 Å². The van der Waals surface area contributed by atoms with Crippen LogP contribution in [0.2, 0.25) is 0 Å². The normalized spacial score (nSPS) is 11.3. The van der Waals surface area contributed by atoms with E-state index >= 15 is 0 Å². The third kappa shape index (κ3) is 5.40. The molecule has 12 heteroatoms. The fourth-order valence-corrected chi connectivity index (χ4v) is 4.37. The smallest absolute Gasteiger partial charge is 0.324 e. The molecule has 11 nitrogen and oxygen atoms in total. The van der Waals surface area contributed by atoms with Gasteiger partial charge >= 0.3 is 6.03 Å². The van der Waals surface area contributed by atoms with Gasteiger partial charge in [-0.1, -0.05) is 32.9 Å². The summed E-state index contributed by atoms with van der Waals surface area (Å²) in [4.78, 5) is 34.9. The van der Waals surface area contributed by atoms with Crippen molar-refractivity contribution in [3.05, 3.63) is 88.2 Å². The maximum atomic E-state index is 14.9. The van der Waals surface area contributed by atoms with E-state index in [-0.39, 0.29) is 16.7 Å². The van der Waals surface area contributed by atoms with E-state index < -0.39 is 11.8 Å². The topological polar surface area (TPSA) is 143 Å². The Bertz CT molecular complexity index is 1950. The number of aromatic nitrogens is 5. The average molecular weight is 566 g/mol. The van der Waals surface area contributed by atoms with Gasteiger partial charge in [0.05, 0.1) is 28.7 Å². The molecule has 0 aliphatic rings. The molecule has 0 saturated heterocycles. The largest absolute Gasteiger partial charge is 0.357 e. The van der Waals surface area contributed by atoms with Crippen molar-refractivity contribution in [3.63, 3.8) is 0 Å². The van der Waals surface area contributed by atoms with E-state index in [2.05, 4.69) is 37.1 Å². The van der Waals surface area contributed by atoms with Crippen molar-refractivity contribution in [3.8, 4) is 22.9 Å². The van der Waals surface area contributed by atoms with E-state index in [9.17, 15) is 19.2 Å². The molecule has 2 aromatic carbocycles. The van der Waals surface area contributed by atoms with E-state index in [0.29, 0.717) is 50.9 Å². The zero-order valence-corrected chi connectivity index (χ0v) is 23.7. The summed E-state index contributed by atoms with van der Waals surface area (Å²) >= 11 is 0. The summed E-state index contributed by atoms with van der Waals surface area (Å²) in [7, 11) is 3.28. The zero-order valence-electron chi connectivity index (χ0n) is 23.7. The first-order valence-electron chi connectivity index (χ1n) is 13.0. The van der Waals surface area contributed by atoms with Gasteiger partial charge in [0, 0.05) is 42.7 Å². The van der Waals surface area contributed by atoms with Crippen LogP contribution in [-0.4, -0.2) is 37.4 Å². The molecule has 3 heterocycles. The number of anilines is 3. The Kier molecular flexibility index (Phi) is 7.18. The van der Waals surface area contributed by atoms with Crippen LogP contribution in [0.4, 0.5) is 26.6 Å². The molecule has 0 atom stereocenters. The highest BCUT2D eigenvalue weighted by Crippen LogP contribution is 2.28. The number of carbonyl (C=O) groups is 1. The summed E-state index contributed by atoms with van der Waals surface area (Å²) in [5, 5.41) is 22.7. The number of rotatable bonds is 5. The van der Waals surface area contributed by atoms with E-state index in [1.807, 2.05) is 20.8 Å². The van der Waals surface area contributed by atoms with Crippen LogP contribution in [0.5, 0.6) is 0 Å². The van der Waals surface area contributed by atoms with Crippen LogP contribution in [0.25, 0.3) is 27.8 Å². The molecular weight excluding hydrogens is 537 g/mol. The number of nitrogens with one attached hydrogen (secondary N) is 3. The number of amides is 2. The van der Waals surface area contributed by atoms with E-state index in [4.69, 9.17) is 0 Å². The minimum atomic E-state index is -0.719. The highest BCUT2D eigenvalue weighted by atomic mass is 19.1. The fraction of sp³-hybridized carbons (Fsp3) is 0.200. The molecule has 42 heavy (non-hydrogen) atoms. The van der Waals surface area contributed by atoms with Crippen molar-refractivity contribution in [2.75, 3.05) is 23.0 Å².